The fourth-order valence-corrected chi connectivity index (χ4v) is 2.99. The lowest BCUT2D eigenvalue weighted by atomic mass is 10.1. The van der Waals surface area contributed by atoms with Crippen LogP contribution in [-0.4, -0.2) is 27.1 Å². The summed E-state index contributed by atoms with van der Waals surface area (Å²) in [7, 11) is 4.77. The van der Waals surface area contributed by atoms with E-state index in [1.807, 2.05) is 66.7 Å². The molecule has 0 aliphatic rings. The molecule has 0 fully saturated rings. The summed E-state index contributed by atoms with van der Waals surface area (Å²) in [5.41, 5.74) is 3.51. The molecule has 0 saturated carbocycles. The number of hydrogen-bond donors (Lipinski definition) is 1. The highest BCUT2D eigenvalue weighted by molar-refractivity contribution is 6.04. The Kier molecular flexibility index (Phi) is 7.49. The monoisotopic (exact) mass is 415 g/mol. The summed E-state index contributed by atoms with van der Waals surface area (Å²) < 4.78 is 16.1. The average molecular weight is 415 g/mol. The van der Waals surface area contributed by atoms with Gasteiger partial charge in [0.1, 0.15) is 0 Å². The second kappa shape index (κ2) is 10.7. The SMILES string of the molecule is COc1cc(/C=C/c2ccc(N/C=C\C(=O)c3ccccc3)cc2)cc(OC)c1OC. The Labute approximate surface area is 182 Å². The number of ketones is 1. The van der Waals surface area contributed by atoms with Crippen LogP contribution in [0.25, 0.3) is 12.2 Å². The van der Waals surface area contributed by atoms with Crippen molar-refractivity contribution >= 4 is 23.6 Å². The topological polar surface area (TPSA) is 56.8 Å². The van der Waals surface area contributed by atoms with Gasteiger partial charge in [0.05, 0.1) is 21.3 Å². The molecule has 0 atom stereocenters. The molecule has 3 aromatic rings. The lowest BCUT2D eigenvalue weighted by molar-refractivity contribution is 0.104. The van der Waals surface area contributed by atoms with E-state index >= 15 is 0 Å². The molecule has 3 aromatic carbocycles. The molecule has 0 aromatic heterocycles. The largest absolute Gasteiger partial charge is 0.493 e. The zero-order chi connectivity index (χ0) is 22.1. The summed E-state index contributed by atoms with van der Waals surface area (Å²) in [6, 6.07) is 20.8. The Morgan fingerprint density at radius 3 is 1.97 bits per heavy atom. The van der Waals surface area contributed by atoms with Crippen molar-refractivity contribution in [3.8, 4) is 17.2 Å². The van der Waals surface area contributed by atoms with Gasteiger partial charge in [-0.15, -0.1) is 0 Å². The highest BCUT2D eigenvalue weighted by Crippen LogP contribution is 2.38. The normalized spacial score (nSPS) is 10.9. The van der Waals surface area contributed by atoms with Gasteiger partial charge < -0.3 is 19.5 Å². The average Bonchev–Trinajstić information content (AvgIpc) is 2.83. The van der Waals surface area contributed by atoms with Gasteiger partial charge in [-0.1, -0.05) is 54.6 Å². The number of carbonyl (C=O) groups is 1. The van der Waals surface area contributed by atoms with Gasteiger partial charge in [-0.25, -0.2) is 0 Å². The number of hydrogen-bond acceptors (Lipinski definition) is 5. The van der Waals surface area contributed by atoms with Crippen molar-refractivity contribution in [3.05, 3.63) is 95.7 Å². The third-order valence-electron chi connectivity index (χ3n) is 4.61. The maximum Gasteiger partial charge on any atom is 0.203 e. The number of rotatable bonds is 9. The molecule has 5 nitrogen and oxygen atoms in total. The van der Waals surface area contributed by atoms with E-state index in [1.54, 1.807) is 39.7 Å². The van der Waals surface area contributed by atoms with Crippen molar-refractivity contribution in [2.75, 3.05) is 26.6 Å². The van der Waals surface area contributed by atoms with E-state index in [0.717, 1.165) is 16.8 Å². The van der Waals surface area contributed by atoms with Gasteiger partial charge in [0.15, 0.2) is 17.3 Å². The third kappa shape index (κ3) is 5.76. The number of benzene rings is 3. The van der Waals surface area contributed by atoms with Crippen LogP contribution in [0.5, 0.6) is 17.2 Å². The number of ether oxygens (including phenoxy) is 3. The molecule has 0 aliphatic carbocycles. The molecule has 0 heterocycles. The summed E-state index contributed by atoms with van der Waals surface area (Å²) in [5.74, 6) is 1.74. The van der Waals surface area contributed by atoms with E-state index in [-0.39, 0.29) is 5.78 Å². The molecule has 158 valence electrons. The summed E-state index contributed by atoms with van der Waals surface area (Å²) in [6.45, 7) is 0. The third-order valence-corrected chi connectivity index (χ3v) is 4.61. The van der Waals surface area contributed by atoms with E-state index in [1.165, 1.54) is 6.08 Å². The van der Waals surface area contributed by atoms with E-state index in [0.29, 0.717) is 22.8 Å². The Balaban J connectivity index is 1.65. The Morgan fingerprint density at radius 2 is 1.39 bits per heavy atom. The second-order valence-corrected chi connectivity index (χ2v) is 6.62. The van der Waals surface area contributed by atoms with Crippen LogP contribution >= 0.6 is 0 Å². The summed E-state index contributed by atoms with van der Waals surface area (Å²) >= 11 is 0. The van der Waals surface area contributed by atoms with E-state index in [2.05, 4.69) is 5.32 Å². The van der Waals surface area contributed by atoms with Crippen LogP contribution in [0, 0.1) is 0 Å². The number of nitrogens with one attached hydrogen (secondary N) is 1. The molecule has 0 amide bonds. The molecular formula is C26H25NO4. The summed E-state index contributed by atoms with van der Waals surface area (Å²) in [5, 5.41) is 3.12. The quantitative estimate of drug-likeness (QED) is 0.276. The zero-order valence-corrected chi connectivity index (χ0v) is 17.8. The first kappa shape index (κ1) is 21.7. The fourth-order valence-electron chi connectivity index (χ4n) is 2.99. The minimum Gasteiger partial charge on any atom is -0.493 e. The maximum atomic E-state index is 12.1. The first-order chi connectivity index (χ1) is 15.1. The molecule has 0 unspecified atom stereocenters. The van der Waals surface area contributed by atoms with Crippen LogP contribution in [0.2, 0.25) is 0 Å². The second-order valence-electron chi connectivity index (χ2n) is 6.62. The molecule has 1 N–H and O–H groups in total. The molecule has 3 rings (SSSR count). The molecule has 0 aliphatic heterocycles. The van der Waals surface area contributed by atoms with Crippen LogP contribution in [0.15, 0.2) is 79.0 Å². The van der Waals surface area contributed by atoms with Crippen LogP contribution in [0.1, 0.15) is 21.5 Å². The number of anilines is 1. The van der Waals surface area contributed by atoms with Crippen LogP contribution in [0.4, 0.5) is 5.69 Å². The Hall–Kier alpha value is -3.99. The van der Waals surface area contributed by atoms with Crippen molar-refractivity contribution < 1.29 is 19.0 Å². The number of methoxy groups -OCH3 is 3. The molecule has 5 heteroatoms. The van der Waals surface area contributed by atoms with Crippen LogP contribution < -0.4 is 19.5 Å². The molecule has 0 spiro atoms. The predicted molar refractivity (Wildman–Crippen MR) is 125 cm³/mol. The van der Waals surface area contributed by atoms with Crippen molar-refractivity contribution in [1.82, 2.24) is 0 Å². The Morgan fingerprint density at radius 1 is 0.774 bits per heavy atom. The van der Waals surface area contributed by atoms with Crippen LogP contribution in [-0.2, 0) is 0 Å². The van der Waals surface area contributed by atoms with Gasteiger partial charge in [-0.05, 0) is 35.4 Å². The fraction of sp³-hybridized carbons (Fsp3) is 0.115. The maximum absolute atomic E-state index is 12.1. The van der Waals surface area contributed by atoms with Gasteiger partial charge in [-0.2, -0.15) is 0 Å². The number of allylic oxidation sites excluding steroid dienone is 1. The van der Waals surface area contributed by atoms with Crippen molar-refractivity contribution in [2.24, 2.45) is 0 Å². The minimum atomic E-state index is -0.0435. The van der Waals surface area contributed by atoms with Crippen molar-refractivity contribution in [3.63, 3.8) is 0 Å². The van der Waals surface area contributed by atoms with Crippen LogP contribution in [0.3, 0.4) is 0 Å². The zero-order valence-electron chi connectivity index (χ0n) is 17.8. The van der Waals surface area contributed by atoms with E-state index in [9.17, 15) is 4.79 Å². The molecule has 0 radical (unpaired) electrons. The minimum absolute atomic E-state index is 0.0435. The smallest absolute Gasteiger partial charge is 0.203 e. The highest BCUT2D eigenvalue weighted by atomic mass is 16.5. The Bertz CT molecular complexity index is 1050. The van der Waals surface area contributed by atoms with Gasteiger partial charge in [0, 0.05) is 23.5 Å². The highest BCUT2D eigenvalue weighted by Gasteiger charge is 2.11. The first-order valence-corrected chi connectivity index (χ1v) is 9.75. The summed E-state index contributed by atoms with van der Waals surface area (Å²) in [6.07, 6.45) is 7.15. The van der Waals surface area contributed by atoms with Gasteiger partial charge in [0.2, 0.25) is 5.75 Å². The van der Waals surface area contributed by atoms with Gasteiger partial charge in [0.25, 0.3) is 0 Å². The number of carbonyl (C=O) groups excluding carboxylic acids is 1. The van der Waals surface area contributed by atoms with Crippen molar-refractivity contribution in [1.29, 1.82) is 0 Å². The molecule has 0 bridgehead atoms. The molecule has 0 saturated heterocycles. The predicted octanol–water partition coefficient (Wildman–Crippen LogP) is 5.69. The first-order valence-electron chi connectivity index (χ1n) is 9.75. The van der Waals surface area contributed by atoms with Gasteiger partial charge in [-0.3, -0.25) is 4.79 Å². The lowest BCUT2D eigenvalue weighted by Gasteiger charge is -2.12. The van der Waals surface area contributed by atoms with E-state index < -0.39 is 0 Å². The summed E-state index contributed by atoms with van der Waals surface area (Å²) in [4.78, 5) is 12.1. The molecule has 31 heavy (non-hydrogen) atoms. The van der Waals surface area contributed by atoms with Gasteiger partial charge >= 0.3 is 0 Å². The van der Waals surface area contributed by atoms with Crippen molar-refractivity contribution in [2.45, 2.75) is 0 Å². The standard InChI is InChI=1S/C26H25NO4/c1-29-24-17-20(18-25(30-2)26(24)31-3)10-9-19-11-13-22(14-12-19)27-16-15-23(28)21-7-5-4-6-8-21/h4-18,27H,1-3H3/b10-9+,16-15-. The lowest BCUT2D eigenvalue weighted by Crippen LogP contribution is -1.95. The molecular weight excluding hydrogens is 390 g/mol. The van der Waals surface area contributed by atoms with E-state index in [4.69, 9.17) is 14.2 Å².